The zero-order valence-corrected chi connectivity index (χ0v) is 14.3. The van der Waals surface area contributed by atoms with E-state index in [1.807, 2.05) is 0 Å². The molecule has 0 aliphatic rings. The maximum Gasteiger partial charge on any atom is 0.193 e. The van der Waals surface area contributed by atoms with E-state index in [-0.39, 0.29) is 24.0 Å². The van der Waals surface area contributed by atoms with Crippen LogP contribution in [0, 0.1) is 0 Å². The number of hydrogen-bond acceptors (Lipinski definition) is 3. The number of likely N-dealkylation sites (N-methyl/N-ethyl adjacent to an activating group) is 1. The van der Waals surface area contributed by atoms with Crippen LogP contribution in [0.3, 0.4) is 0 Å². The fourth-order valence-electron chi connectivity index (χ4n) is 1.49. The molecule has 0 aliphatic carbocycles. The third kappa shape index (κ3) is 6.55. The minimum Gasteiger partial charge on any atom is -0.383 e. The Morgan fingerprint density at radius 3 is 2.89 bits per heavy atom. The van der Waals surface area contributed by atoms with E-state index in [4.69, 9.17) is 4.74 Å². The molecular weight excluding hydrogens is 361 g/mol. The van der Waals surface area contributed by atoms with Crippen molar-refractivity contribution in [1.82, 2.24) is 10.2 Å². The van der Waals surface area contributed by atoms with Gasteiger partial charge in [0.15, 0.2) is 5.96 Å². The molecule has 4 nitrogen and oxygen atoms in total. The standard InChI is InChI=1S/C12H21N3OS.HI/c1-13-12(14-7-9-16-3)15(2)8-6-11-5-4-10-17-11;/h4-5,10H,6-9H2,1-3H3,(H,13,14);1H. The molecule has 0 atom stereocenters. The lowest BCUT2D eigenvalue weighted by Crippen LogP contribution is -2.41. The van der Waals surface area contributed by atoms with Crippen LogP contribution in [0.5, 0.6) is 0 Å². The Morgan fingerprint density at radius 1 is 1.56 bits per heavy atom. The van der Waals surface area contributed by atoms with E-state index in [0.717, 1.165) is 25.5 Å². The number of thiophene rings is 1. The lowest BCUT2D eigenvalue weighted by molar-refractivity contribution is 0.203. The van der Waals surface area contributed by atoms with Crippen molar-refractivity contribution in [2.45, 2.75) is 6.42 Å². The minimum absolute atomic E-state index is 0. The van der Waals surface area contributed by atoms with Crippen molar-refractivity contribution < 1.29 is 4.74 Å². The monoisotopic (exact) mass is 383 g/mol. The third-order valence-corrected chi connectivity index (χ3v) is 3.37. The Labute approximate surface area is 130 Å². The summed E-state index contributed by atoms with van der Waals surface area (Å²) in [4.78, 5) is 7.78. The smallest absolute Gasteiger partial charge is 0.193 e. The van der Waals surface area contributed by atoms with Crippen LogP contribution in [-0.2, 0) is 11.2 Å². The first-order chi connectivity index (χ1) is 8.27. The van der Waals surface area contributed by atoms with Crippen LogP contribution in [0.25, 0.3) is 0 Å². The molecule has 0 radical (unpaired) electrons. The van der Waals surface area contributed by atoms with Gasteiger partial charge in [0.2, 0.25) is 0 Å². The fraction of sp³-hybridized carbons (Fsp3) is 0.583. The Bertz CT molecular complexity index is 330. The topological polar surface area (TPSA) is 36.9 Å². The summed E-state index contributed by atoms with van der Waals surface area (Å²) in [5.41, 5.74) is 0. The molecule has 104 valence electrons. The maximum atomic E-state index is 5.00. The first-order valence-corrected chi connectivity index (χ1v) is 6.59. The average molecular weight is 383 g/mol. The Balaban J connectivity index is 0.00000289. The highest BCUT2D eigenvalue weighted by Gasteiger charge is 2.05. The molecule has 0 saturated carbocycles. The van der Waals surface area contributed by atoms with Gasteiger partial charge in [-0.2, -0.15) is 0 Å². The van der Waals surface area contributed by atoms with Gasteiger partial charge >= 0.3 is 0 Å². The van der Waals surface area contributed by atoms with Crippen molar-refractivity contribution in [3.8, 4) is 0 Å². The molecule has 1 N–H and O–H groups in total. The molecular formula is C12H22IN3OS. The van der Waals surface area contributed by atoms with Crippen LogP contribution < -0.4 is 5.32 Å². The fourth-order valence-corrected chi connectivity index (χ4v) is 2.19. The number of guanidine groups is 1. The van der Waals surface area contributed by atoms with E-state index in [2.05, 4.69) is 39.8 Å². The zero-order chi connectivity index (χ0) is 12.5. The summed E-state index contributed by atoms with van der Waals surface area (Å²) < 4.78 is 5.00. The van der Waals surface area contributed by atoms with Gasteiger partial charge in [-0.3, -0.25) is 4.99 Å². The Hall–Kier alpha value is -0.340. The largest absolute Gasteiger partial charge is 0.383 e. The number of ether oxygens (including phenoxy) is 1. The van der Waals surface area contributed by atoms with Gasteiger partial charge < -0.3 is 15.0 Å². The molecule has 0 aromatic carbocycles. The molecule has 0 fully saturated rings. The molecule has 18 heavy (non-hydrogen) atoms. The number of halogens is 1. The van der Waals surface area contributed by atoms with Gasteiger partial charge in [-0.15, -0.1) is 35.3 Å². The number of nitrogens with one attached hydrogen (secondary N) is 1. The van der Waals surface area contributed by atoms with Crippen LogP contribution in [0.1, 0.15) is 4.88 Å². The van der Waals surface area contributed by atoms with E-state index in [1.54, 1.807) is 25.5 Å². The molecule has 1 aromatic heterocycles. The van der Waals surface area contributed by atoms with Crippen molar-refractivity contribution in [1.29, 1.82) is 0 Å². The summed E-state index contributed by atoms with van der Waals surface area (Å²) >= 11 is 1.80. The lowest BCUT2D eigenvalue weighted by atomic mass is 10.3. The molecule has 0 aliphatic heterocycles. The van der Waals surface area contributed by atoms with Gasteiger partial charge in [0.1, 0.15) is 0 Å². The average Bonchev–Trinajstić information content (AvgIpc) is 2.85. The summed E-state index contributed by atoms with van der Waals surface area (Å²) in [5, 5.41) is 5.37. The van der Waals surface area contributed by atoms with Crippen LogP contribution in [0.4, 0.5) is 0 Å². The van der Waals surface area contributed by atoms with Crippen molar-refractivity contribution in [2.24, 2.45) is 4.99 Å². The molecule has 0 unspecified atom stereocenters. The molecule has 1 heterocycles. The van der Waals surface area contributed by atoms with Crippen molar-refractivity contribution in [3.63, 3.8) is 0 Å². The van der Waals surface area contributed by atoms with Gasteiger partial charge in [0.05, 0.1) is 6.61 Å². The lowest BCUT2D eigenvalue weighted by Gasteiger charge is -2.21. The van der Waals surface area contributed by atoms with Gasteiger partial charge in [-0.25, -0.2) is 0 Å². The molecule has 0 amide bonds. The first-order valence-electron chi connectivity index (χ1n) is 5.71. The van der Waals surface area contributed by atoms with E-state index < -0.39 is 0 Å². The van der Waals surface area contributed by atoms with Crippen LogP contribution in [0.2, 0.25) is 0 Å². The van der Waals surface area contributed by atoms with Gasteiger partial charge in [-0.05, 0) is 17.9 Å². The predicted octanol–water partition coefficient (Wildman–Crippen LogP) is 2.06. The normalized spacial score (nSPS) is 10.9. The van der Waals surface area contributed by atoms with Crippen molar-refractivity contribution in [3.05, 3.63) is 22.4 Å². The highest BCUT2D eigenvalue weighted by atomic mass is 127. The second-order valence-corrected chi connectivity index (χ2v) is 4.75. The van der Waals surface area contributed by atoms with Crippen LogP contribution in [-0.4, -0.2) is 51.8 Å². The minimum atomic E-state index is 0. The molecule has 1 aromatic rings. The predicted molar refractivity (Wildman–Crippen MR) is 89.3 cm³/mol. The van der Waals surface area contributed by atoms with Gasteiger partial charge in [0.25, 0.3) is 0 Å². The third-order valence-electron chi connectivity index (χ3n) is 2.44. The molecule has 1 rings (SSSR count). The zero-order valence-electron chi connectivity index (χ0n) is 11.2. The number of hydrogen-bond donors (Lipinski definition) is 1. The number of nitrogens with zero attached hydrogens (tertiary/aromatic N) is 2. The second kappa shape index (κ2) is 10.6. The molecule has 0 saturated heterocycles. The van der Waals surface area contributed by atoms with Gasteiger partial charge in [-0.1, -0.05) is 6.07 Å². The summed E-state index contributed by atoms with van der Waals surface area (Å²) in [6, 6.07) is 4.26. The number of rotatable bonds is 6. The van der Waals surface area contributed by atoms with E-state index in [0.29, 0.717) is 6.61 Å². The van der Waals surface area contributed by atoms with E-state index in [1.165, 1.54) is 4.88 Å². The summed E-state index contributed by atoms with van der Waals surface area (Å²) in [6.45, 7) is 2.44. The number of methoxy groups -OCH3 is 1. The molecule has 0 bridgehead atoms. The SMILES string of the molecule is CN=C(NCCOC)N(C)CCc1cccs1.I. The van der Waals surface area contributed by atoms with Crippen molar-refractivity contribution in [2.75, 3.05) is 40.9 Å². The molecule has 0 spiro atoms. The van der Waals surface area contributed by atoms with Gasteiger partial charge in [0, 0.05) is 39.2 Å². The van der Waals surface area contributed by atoms with E-state index >= 15 is 0 Å². The second-order valence-electron chi connectivity index (χ2n) is 3.72. The Kier molecular flexibility index (Phi) is 10.4. The quantitative estimate of drug-likeness (QED) is 0.354. The summed E-state index contributed by atoms with van der Waals surface area (Å²) in [6.07, 6.45) is 1.05. The maximum absolute atomic E-state index is 5.00. The van der Waals surface area contributed by atoms with Crippen LogP contribution >= 0.6 is 35.3 Å². The van der Waals surface area contributed by atoms with E-state index in [9.17, 15) is 0 Å². The molecule has 6 heteroatoms. The number of aliphatic imine (C=N–C) groups is 1. The Morgan fingerprint density at radius 2 is 2.33 bits per heavy atom. The first kappa shape index (κ1) is 17.7. The summed E-state index contributed by atoms with van der Waals surface area (Å²) in [7, 11) is 5.55. The highest BCUT2D eigenvalue weighted by Crippen LogP contribution is 2.09. The van der Waals surface area contributed by atoms with Crippen LogP contribution in [0.15, 0.2) is 22.5 Å². The van der Waals surface area contributed by atoms with Crippen molar-refractivity contribution >= 4 is 41.3 Å². The summed E-state index contributed by atoms with van der Waals surface area (Å²) in [5.74, 6) is 0.915. The highest BCUT2D eigenvalue weighted by molar-refractivity contribution is 14.0.